The monoisotopic (exact) mass is 363 g/mol. The number of hydrogen-bond donors (Lipinski definition) is 1. The van der Waals surface area contributed by atoms with Crippen molar-refractivity contribution in [1.29, 1.82) is 0 Å². The first-order chi connectivity index (χ1) is 12.3. The Morgan fingerprint density at radius 2 is 1.96 bits per heavy atom. The average molecular weight is 363 g/mol. The Hall–Kier alpha value is -2.77. The third-order valence-electron chi connectivity index (χ3n) is 3.52. The van der Waals surface area contributed by atoms with E-state index in [4.69, 9.17) is 14.3 Å². The molecule has 0 aromatic heterocycles. The van der Waals surface area contributed by atoms with Gasteiger partial charge >= 0.3 is 12.2 Å². The molecule has 2 rings (SSSR count). The van der Waals surface area contributed by atoms with Crippen molar-refractivity contribution >= 4 is 17.9 Å². The fourth-order valence-corrected chi connectivity index (χ4v) is 2.41. The lowest BCUT2D eigenvalue weighted by atomic mass is 10.2. The van der Waals surface area contributed by atoms with Crippen LogP contribution in [0.5, 0.6) is 0 Å². The normalized spacial score (nSPS) is 18.5. The molecule has 8 nitrogen and oxygen atoms in total. The third kappa shape index (κ3) is 5.94. The van der Waals surface area contributed by atoms with E-state index in [9.17, 15) is 9.59 Å². The summed E-state index contributed by atoms with van der Waals surface area (Å²) in [5, 5.41) is 6.61. The number of ether oxygens (including phenoxy) is 2. The number of rotatable bonds is 4. The zero-order valence-electron chi connectivity index (χ0n) is 15.5. The molecule has 1 aromatic carbocycles. The van der Waals surface area contributed by atoms with Crippen molar-refractivity contribution in [3.05, 3.63) is 35.9 Å². The van der Waals surface area contributed by atoms with Crippen molar-refractivity contribution in [2.45, 2.75) is 39.0 Å². The van der Waals surface area contributed by atoms with Gasteiger partial charge in [-0.25, -0.2) is 9.59 Å². The van der Waals surface area contributed by atoms with Gasteiger partial charge in [0.25, 0.3) is 0 Å². The second-order valence-electron chi connectivity index (χ2n) is 6.88. The molecule has 0 bridgehead atoms. The summed E-state index contributed by atoms with van der Waals surface area (Å²) in [6.45, 7) is 5.99. The molecule has 1 atom stereocenters. The number of nitrogens with zero attached hydrogens (tertiary/aromatic N) is 2. The summed E-state index contributed by atoms with van der Waals surface area (Å²) in [6.07, 6.45) is -1.06. The van der Waals surface area contributed by atoms with Crippen LogP contribution in [0.3, 0.4) is 0 Å². The summed E-state index contributed by atoms with van der Waals surface area (Å²) in [4.78, 5) is 30.6. The molecule has 1 N–H and O–H groups in total. The Morgan fingerprint density at radius 1 is 1.27 bits per heavy atom. The largest absolute Gasteiger partial charge is 0.445 e. The van der Waals surface area contributed by atoms with E-state index < -0.39 is 23.8 Å². The molecule has 0 saturated carbocycles. The molecular formula is C18H25N3O5. The molecule has 1 unspecified atom stereocenters. The van der Waals surface area contributed by atoms with Crippen molar-refractivity contribution in [3.63, 3.8) is 0 Å². The maximum absolute atomic E-state index is 12.2. The van der Waals surface area contributed by atoms with E-state index in [1.807, 2.05) is 30.3 Å². The van der Waals surface area contributed by atoms with Gasteiger partial charge in [0, 0.05) is 0 Å². The number of alkyl carbamates (subject to hydrolysis) is 1. The van der Waals surface area contributed by atoms with Gasteiger partial charge in [-0.3, -0.25) is 4.90 Å². The molecular weight excluding hydrogens is 338 g/mol. The Balaban J connectivity index is 1.92. The minimum Gasteiger partial charge on any atom is -0.445 e. The number of nitrogens with one attached hydrogen (secondary N) is 1. The minimum absolute atomic E-state index is 0.159. The molecule has 1 fully saturated rings. The van der Waals surface area contributed by atoms with Crippen LogP contribution in [-0.4, -0.2) is 54.6 Å². The summed E-state index contributed by atoms with van der Waals surface area (Å²) in [5.74, 6) is 0. The van der Waals surface area contributed by atoms with E-state index in [2.05, 4.69) is 10.5 Å². The van der Waals surface area contributed by atoms with E-state index in [1.165, 1.54) is 12.0 Å². The number of likely N-dealkylation sites (tertiary alicyclic amines) is 1. The van der Waals surface area contributed by atoms with Crippen molar-refractivity contribution in [2.24, 2.45) is 5.16 Å². The standard InChI is InChI=1S/C18H25N3O5/c1-18(2,3)26-17(23)21-10-14(15(11-21)20-24-4)19-16(22)25-12-13-8-6-5-7-9-13/h5-9,14H,10-12H2,1-4H3,(H,19,22). The lowest BCUT2D eigenvalue weighted by Gasteiger charge is -2.24. The van der Waals surface area contributed by atoms with Crippen molar-refractivity contribution in [2.75, 3.05) is 20.2 Å². The van der Waals surface area contributed by atoms with E-state index in [0.29, 0.717) is 5.71 Å². The summed E-state index contributed by atoms with van der Waals surface area (Å²) in [5.41, 5.74) is 0.806. The number of oxime groups is 1. The zero-order chi connectivity index (χ0) is 19.2. The Kier molecular flexibility index (Phi) is 6.43. The van der Waals surface area contributed by atoms with Crippen LogP contribution >= 0.6 is 0 Å². The maximum Gasteiger partial charge on any atom is 0.410 e. The highest BCUT2D eigenvalue weighted by atomic mass is 16.6. The minimum atomic E-state index is -0.601. The van der Waals surface area contributed by atoms with Gasteiger partial charge in [-0.1, -0.05) is 35.5 Å². The van der Waals surface area contributed by atoms with E-state index in [1.54, 1.807) is 20.8 Å². The lowest BCUT2D eigenvalue weighted by molar-refractivity contribution is 0.0294. The summed E-state index contributed by atoms with van der Waals surface area (Å²) in [6, 6.07) is 8.87. The predicted molar refractivity (Wildman–Crippen MR) is 95.8 cm³/mol. The molecule has 2 amide bonds. The van der Waals surface area contributed by atoms with Gasteiger partial charge in [0.1, 0.15) is 25.0 Å². The van der Waals surface area contributed by atoms with Crippen molar-refractivity contribution in [3.8, 4) is 0 Å². The van der Waals surface area contributed by atoms with Crippen LogP contribution in [0.4, 0.5) is 9.59 Å². The number of carbonyl (C=O) groups is 2. The molecule has 1 aromatic rings. The van der Waals surface area contributed by atoms with Gasteiger partial charge in [0.05, 0.1) is 19.1 Å². The number of amides is 2. The van der Waals surface area contributed by atoms with Crippen LogP contribution in [0.2, 0.25) is 0 Å². The molecule has 0 aliphatic carbocycles. The SMILES string of the molecule is CON=C1CN(C(=O)OC(C)(C)C)CC1NC(=O)OCc1ccccc1. The van der Waals surface area contributed by atoms with Crippen LogP contribution in [-0.2, 0) is 20.9 Å². The van der Waals surface area contributed by atoms with Gasteiger partial charge in [-0.05, 0) is 26.3 Å². The van der Waals surface area contributed by atoms with E-state index in [0.717, 1.165) is 5.56 Å². The highest BCUT2D eigenvalue weighted by Gasteiger charge is 2.36. The number of hydrogen-bond acceptors (Lipinski definition) is 6. The average Bonchev–Trinajstić information content (AvgIpc) is 2.96. The smallest absolute Gasteiger partial charge is 0.410 e. The van der Waals surface area contributed by atoms with Crippen molar-refractivity contribution < 1.29 is 23.9 Å². The summed E-state index contributed by atoms with van der Waals surface area (Å²) in [7, 11) is 1.41. The first-order valence-electron chi connectivity index (χ1n) is 8.33. The molecule has 1 heterocycles. The van der Waals surface area contributed by atoms with Crippen LogP contribution in [0, 0.1) is 0 Å². The quantitative estimate of drug-likeness (QED) is 0.831. The van der Waals surface area contributed by atoms with Crippen LogP contribution < -0.4 is 5.32 Å². The Labute approximate surface area is 153 Å². The topological polar surface area (TPSA) is 89.5 Å². The van der Waals surface area contributed by atoms with Gasteiger partial charge in [0.15, 0.2) is 0 Å². The second kappa shape index (κ2) is 8.55. The van der Waals surface area contributed by atoms with Crippen LogP contribution in [0.1, 0.15) is 26.3 Å². The Bertz CT molecular complexity index is 655. The van der Waals surface area contributed by atoms with Gasteiger partial charge < -0.3 is 19.6 Å². The molecule has 0 spiro atoms. The number of benzene rings is 1. The molecule has 8 heteroatoms. The Morgan fingerprint density at radius 3 is 2.58 bits per heavy atom. The summed E-state index contributed by atoms with van der Waals surface area (Å²) < 4.78 is 10.6. The van der Waals surface area contributed by atoms with Gasteiger partial charge in [-0.2, -0.15) is 0 Å². The molecule has 1 aliphatic rings. The van der Waals surface area contributed by atoms with E-state index in [-0.39, 0.29) is 19.7 Å². The molecule has 1 aliphatic heterocycles. The highest BCUT2D eigenvalue weighted by Crippen LogP contribution is 2.15. The van der Waals surface area contributed by atoms with Gasteiger partial charge in [0.2, 0.25) is 0 Å². The van der Waals surface area contributed by atoms with Gasteiger partial charge in [-0.15, -0.1) is 0 Å². The van der Waals surface area contributed by atoms with Crippen molar-refractivity contribution in [1.82, 2.24) is 10.2 Å². The fourth-order valence-electron chi connectivity index (χ4n) is 2.41. The second-order valence-corrected chi connectivity index (χ2v) is 6.88. The first-order valence-corrected chi connectivity index (χ1v) is 8.33. The third-order valence-corrected chi connectivity index (χ3v) is 3.52. The molecule has 26 heavy (non-hydrogen) atoms. The highest BCUT2D eigenvalue weighted by molar-refractivity contribution is 5.97. The molecule has 1 saturated heterocycles. The first kappa shape index (κ1) is 19.6. The van der Waals surface area contributed by atoms with Crippen LogP contribution in [0.15, 0.2) is 35.5 Å². The zero-order valence-corrected chi connectivity index (χ0v) is 15.5. The predicted octanol–water partition coefficient (Wildman–Crippen LogP) is 2.53. The lowest BCUT2D eigenvalue weighted by Crippen LogP contribution is -2.42. The fraction of sp³-hybridized carbons (Fsp3) is 0.500. The van der Waals surface area contributed by atoms with E-state index >= 15 is 0 Å². The molecule has 142 valence electrons. The maximum atomic E-state index is 12.2. The summed E-state index contributed by atoms with van der Waals surface area (Å²) >= 11 is 0. The van der Waals surface area contributed by atoms with Crippen LogP contribution in [0.25, 0.3) is 0 Å². The molecule has 0 radical (unpaired) electrons. The number of carbonyl (C=O) groups excluding carboxylic acids is 2.